The molecule has 13 heavy (non-hydrogen) atoms. The zero-order valence-corrected chi connectivity index (χ0v) is 10.7. The van der Waals surface area contributed by atoms with E-state index in [1.807, 2.05) is 0 Å². The molecule has 0 amide bonds. The highest BCUT2D eigenvalue weighted by molar-refractivity contribution is 14.1. The van der Waals surface area contributed by atoms with Crippen molar-refractivity contribution in [3.8, 4) is 0 Å². The molecule has 0 aliphatic carbocycles. The van der Waals surface area contributed by atoms with Crippen LogP contribution in [0.5, 0.6) is 0 Å². The van der Waals surface area contributed by atoms with Gasteiger partial charge in [-0.3, -0.25) is 4.90 Å². The lowest BCUT2D eigenvalue weighted by molar-refractivity contribution is 0.216. The number of sulfone groups is 1. The Kier molecular flexibility index (Phi) is 4.40. The van der Waals surface area contributed by atoms with Gasteiger partial charge in [-0.05, 0) is 0 Å². The molecule has 78 valence electrons. The molecule has 0 radical (unpaired) electrons. The fraction of sp³-hybridized carbons (Fsp3) is 1.00. The van der Waals surface area contributed by atoms with Gasteiger partial charge in [0.15, 0.2) is 0 Å². The molecule has 1 aliphatic heterocycles. The maximum absolute atomic E-state index is 10.9. The Morgan fingerprint density at radius 1 is 1.23 bits per heavy atom. The molecule has 1 rings (SSSR count). The smallest absolute Gasteiger partial charge is 0.148 e. The molecule has 4 nitrogen and oxygen atoms in total. The zero-order chi connectivity index (χ0) is 9.90. The van der Waals surface area contributed by atoms with Gasteiger partial charge in [-0.15, -0.1) is 0 Å². The van der Waals surface area contributed by atoms with Crippen molar-refractivity contribution < 1.29 is 8.42 Å². The van der Waals surface area contributed by atoms with E-state index >= 15 is 0 Å². The van der Waals surface area contributed by atoms with Crippen LogP contribution in [0.15, 0.2) is 0 Å². The van der Waals surface area contributed by atoms with Crippen LogP contribution in [0.4, 0.5) is 0 Å². The lowest BCUT2D eigenvalue weighted by atomic mass is 10.4. The highest BCUT2D eigenvalue weighted by atomic mass is 127. The van der Waals surface area contributed by atoms with E-state index < -0.39 is 9.84 Å². The van der Waals surface area contributed by atoms with E-state index in [0.717, 1.165) is 26.2 Å². The van der Waals surface area contributed by atoms with Crippen LogP contribution in [0.1, 0.15) is 0 Å². The van der Waals surface area contributed by atoms with Crippen molar-refractivity contribution >= 4 is 32.7 Å². The summed E-state index contributed by atoms with van der Waals surface area (Å²) in [6, 6.07) is 0. The van der Waals surface area contributed by atoms with Crippen molar-refractivity contribution in [1.29, 1.82) is 0 Å². The van der Waals surface area contributed by atoms with E-state index in [9.17, 15) is 8.42 Å². The SMILES string of the molecule is CS(=O)(=O)CCN1CCN(I)CC1. The summed E-state index contributed by atoms with van der Waals surface area (Å²) in [5.41, 5.74) is 0. The molecular formula is C7H15IN2O2S. The summed E-state index contributed by atoms with van der Waals surface area (Å²) < 4.78 is 24.0. The molecule has 0 aromatic rings. The first kappa shape index (κ1) is 11.7. The summed E-state index contributed by atoms with van der Waals surface area (Å²) in [4.78, 5) is 2.20. The number of hydrogen-bond acceptors (Lipinski definition) is 4. The topological polar surface area (TPSA) is 40.6 Å². The van der Waals surface area contributed by atoms with E-state index in [4.69, 9.17) is 0 Å². The monoisotopic (exact) mass is 318 g/mol. The second-order valence-electron chi connectivity index (χ2n) is 3.38. The lowest BCUT2D eigenvalue weighted by Gasteiger charge is -2.30. The molecule has 0 unspecified atom stereocenters. The third kappa shape index (κ3) is 5.14. The first-order chi connectivity index (χ1) is 5.97. The van der Waals surface area contributed by atoms with Crippen LogP contribution in [0.3, 0.4) is 0 Å². The predicted molar refractivity (Wildman–Crippen MR) is 61.7 cm³/mol. The van der Waals surface area contributed by atoms with Gasteiger partial charge in [0.2, 0.25) is 0 Å². The zero-order valence-electron chi connectivity index (χ0n) is 7.74. The predicted octanol–water partition coefficient (Wildman–Crippen LogP) is -0.00140. The Hall–Kier alpha value is 0.600. The second-order valence-corrected chi connectivity index (χ2v) is 7.01. The van der Waals surface area contributed by atoms with Crippen LogP contribution in [-0.4, -0.2) is 61.2 Å². The minimum atomic E-state index is -2.79. The van der Waals surface area contributed by atoms with E-state index in [2.05, 4.69) is 30.9 Å². The highest BCUT2D eigenvalue weighted by Gasteiger charge is 2.15. The molecular weight excluding hydrogens is 303 g/mol. The minimum Gasteiger partial charge on any atom is -0.300 e. The van der Waals surface area contributed by atoms with Crippen molar-refractivity contribution in [2.45, 2.75) is 0 Å². The average Bonchev–Trinajstić information content (AvgIpc) is 2.02. The van der Waals surface area contributed by atoms with Gasteiger partial charge in [0.1, 0.15) is 9.84 Å². The van der Waals surface area contributed by atoms with Crippen LogP contribution in [0, 0.1) is 0 Å². The highest BCUT2D eigenvalue weighted by Crippen LogP contribution is 2.05. The van der Waals surface area contributed by atoms with Crippen molar-refractivity contribution in [2.24, 2.45) is 0 Å². The summed E-state index contributed by atoms with van der Waals surface area (Å²) in [6.45, 7) is 4.72. The molecule has 0 aromatic carbocycles. The van der Waals surface area contributed by atoms with Gasteiger partial charge in [-0.2, -0.15) is 0 Å². The molecule has 0 saturated carbocycles. The van der Waals surface area contributed by atoms with Crippen LogP contribution in [0.2, 0.25) is 0 Å². The summed E-state index contributed by atoms with van der Waals surface area (Å²) in [5.74, 6) is 0.286. The van der Waals surface area contributed by atoms with Gasteiger partial charge in [0, 0.05) is 61.8 Å². The standard InChI is InChI=1S/C7H15IN2O2S/c1-13(11,12)7-6-9-2-4-10(8)5-3-9/h2-7H2,1H3. The third-order valence-corrected chi connectivity index (χ3v) is 3.99. The molecule has 1 heterocycles. The molecule has 0 spiro atoms. The van der Waals surface area contributed by atoms with Gasteiger partial charge in [0.05, 0.1) is 5.75 Å². The quantitative estimate of drug-likeness (QED) is 0.543. The number of halogens is 1. The normalized spacial score (nSPS) is 22.0. The van der Waals surface area contributed by atoms with Crippen LogP contribution in [-0.2, 0) is 9.84 Å². The molecule has 1 saturated heterocycles. The summed E-state index contributed by atoms with van der Waals surface area (Å²) in [6.07, 6.45) is 1.29. The molecule has 0 bridgehead atoms. The van der Waals surface area contributed by atoms with Crippen molar-refractivity contribution in [2.75, 3.05) is 44.7 Å². The average molecular weight is 318 g/mol. The van der Waals surface area contributed by atoms with E-state index in [-0.39, 0.29) is 5.75 Å². The Bertz CT molecular complexity index is 247. The molecule has 0 N–H and O–H groups in total. The largest absolute Gasteiger partial charge is 0.300 e. The van der Waals surface area contributed by atoms with E-state index in [1.165, 1.54) is 6.26 Å². The van der Waals surface area contributed by atoms with Gasteiger partial charge in [0.25, 0.3) is 0 Å². The lowest BCUT2D eigenvalue weighted by Crippen LogP contribution is -2.43. The van der Waals surface area contributed by atoms with Crippen molar-refractivity contribution in [3.05, 3.63) is 0 Å². The van der Waals surface area contributed by atoms with E-state index in [1.54, 1.807) is 0 Å². The molecule has 0 atom stereocenters. The van der Waals surface area contributed by atoms with Crippen LogP contribution in [0.25, 0.3) is 0 Å². The van der Waals surface area contributed by atoms with E-state index in [0.29, 0.717) is 6.54 Å². The first-order valence-corrected chi connectivity index (χ1v) is 7.31. The Morgan fingerprint density at radius 2 is 1.77 bits per heavy atom. The fourth-order valence-electron chi connectivity index (χ4n) is 1.24. The second kappa shape index (κ2) is 4.90. The number of hydrogen-bond donors (Lipinski definition) is 0. The maximum Gasteiger partial charge on any atom is 0.148 e. The molecule has 0 aromatic heterocycles. The molecule has 6 heteroatoms. The first-order valence-electron chi connectivity index (χ1n) is 4.28. The Morgan fingerprint density at radius 3 is 2.23 bits per heavy atom. The van der Waals surface area contributed by atoms with Crippen LogP contribution >= 0.6 is 22.9 Å². The summed E-state index contributed by atoms with van der Waals surface area (Å²) in [7, 11) is -2.79. The molecule has 1 aliphatic rings. The number of nitrogens with zero attached hydrogens (tertiary/aromatic N) is 2. The maximum atomic E-state index is 10.9. The molecule has 1 fully saturated rings. The minimum absolute atomic E-state index is 0.286. The van der Waals surface area contributed by atoms with Crippen molar-refractivity contribution in [1.82, 2.24) is 8.01 Å². The van der Waals surface area contributed by atoms with Crippen molar-refractivity contribution in [3.63, 3.8) is 0 Å². The fourth-order valence-corrected chi connectivity index (χ4v) is 2.26. The van der Waals surface area contributed by atoms with Gasteiger partial charge < -0.3 is 0 Å². The third-order valence-electron chi connectivity index (χ3n) is 2.10. The number of piperazine rings is 1. The van der Waals surface area contributed by atoms with Gasteiger partial charge in [-0.25, -0.2) is 11.5 Å². The number of rotatable bonds is 3. The Balaban J connectivity index is 2.24. The van der Waals surface area contributed by atoms with Crippen LogP contribution < -0.4 is 0 Å². The Labute approximate surface area is 93.7 Å². The van der Waals surface area contributed by atoms with Gasteiger partial charge in [-0.1, -0.05) is 0 Å². The summed E-state index contributed by atoms with van der Waals surface area (Å²) >= 11 is 2.30. The summed E-state index contributed by atoms with van der Waals surface area (Å²) in [5, 5.41) is 0. The van der Waals surface area contributed by atoms with Gasteiger partial charge >= 0.3 is 0 Å².